The Balaban J connectivity index is 1.83. The molecule has 12 heteroatoms. The maximum absolute atomic E-state index is 14.5. The van der Waals surface area contributed by atoms with Crippen LogP contribution in [0.2, 0.25) is 15.1 Å². The quantitative estimate of drug-likeness (QED) is 0.153. The summed E-state index contributed by atoms with van der Waals surface area (Å²) in [5.74, 6) is -0.579. The van der Waals surface area contributed by atoms with Crippen LogP contribution in [0.5, 0.6) is 5.75 Å². The van der Waals surface area contributed by atoms with Crippen molar-refractivity contribution in [2.75, 3.05) is 24.5 Å². The third-order valence-electron chi connectivity index (χ3n) is 7.23. The smallest absolute Gasteiger partial charge is 0.264 e. The molecule has 0 heterocycles. The molecule has 8 nitrogen and oxygen atoms in total. The van der Waals surface area contributed by atoms with Crippen molar-refractivity contribution in [1.29, 1.82) is 0 Å². The van der Waals surface area contributed by atoms with Crippen LogP contribution in [0.4, 0.5) is 5.69 Å². The molecule has 1 atom stereocenters. The predicted molar refractivity (Wildman–Crippen MR) is 183 cm³/mol. The topological polar surface area (TPSA) is 96.0 Å². The zero-order chi connectivity index (χ0) is 33.3. The molecule has 0 fully saturated rings. The number of carbonyl (C=O) groups excluding carboxylic acids is 2. The lowest BCUT2D eigenvalue weighted by Crippen LogP contribution is -2.53. The molecule has 46 heavy (non-hydrogen) atoms. The number of methoxy groups -OCH3 is 1. The maximum atomic E-state index is 14.5. The minimum Gasteiger partial charge on any atom is -0.497 e. The molecule has 0 spiro atoms. The van der Waals surface area contributed by atoms with Crippen LogP contribution in [0.15, 0.2) is 102 Å². The van der Waals surface area contributed by atoms with Gasteiger partial charge in [0.25, 0.3) is 10.0 Å². The van der Waals surface area contributed by atoms with Crippen LogP contribution in [-0.2, 0) is 32.6 Å². The zero-order valence-electron chi connectivity index (χ0n) is 25.3. The standard InChI is InChI=1S/C34H34Cl3N3O5S/c1-3-19-38-34(42)32(20-24-9-5-4-6-10-24)39(22-29-30(36)13-8-14-31(29)37)33(41)23-40(26-12-7-11-25(35)21-26)46(43,44)28-17-15-27(45-2)16-18-28/h4-18,21,32H,3,19-20,22-23H2,1-2H3,(H,38,42). The number of hydrogen-bond donors (Lipinski definition) is 1. The SMILES string of the molecule is CCCNC(=O)C(Cc1ccccc1)N(Cc1c(Cl)cccc1Cl)C(=O)CN(c1cccc(Cl)c1)S(=O)(=O)c1ccc(OC)cc1. The Morgan fingerprint density at radius 3 is 2.13 bits per heavy atom. The van der Waals surface area contributed by atoms with Crippen LogP contribution in [0, 0.1) is 0 Å². The number of sulfonamides is 1. The molecule has 0 aliphatic heterocycles. The predicted octanol–water partition coefficient (Wildman–Crippen LogP) is 7.02. The van der Waals surface area contributed by atoms with E-state index in [9.17, 15) is 18.0 Å². The summed E-state index contributed by atoms with van der Waals surface area (Å²) in [4.78, 5) is 29.6. The molecule has 1 unspecified atom stereocenters. The minimum absolute atomic E-state index is 0.0664. The van der Waals surface area contributed by atoms with Gasteiger partial charge in [-0.2, -0.15) is 0 Å². The summed E-state index contributed by atoms with van der Waals surface area (Å²) >= 11 is 19.4. The van der Waals surface area contributed by atoms with Crippen LogP contribution >= 0.6 is 34.8 Å². The van der Waals surface area contributed by atoms with Gasteiger partial charge in [-0.15, -0.1) is 0 Å². The lowest BCUT2D eigenvalue weighted by Gasteiger charge is -2.34. The first-order valence-corrected chi connectivity index (χ1v) is 17.1. The van der Waals surface area contributed by atoms with Gasteiger partial charge < -0.3 is 15.0 Å². The molecule has 0 aliphatic rings. The van der Waals surface area contributed by atoms with Crippen molar-refractivity contribution in [3.05, 3.63) is 123 Å². The van der Waals surface area contributed by atoms with Crippen molar-refractivity contribution in [2.24, 2.45) is 0 Å². The second kappa shape index (κ2) is 16.2. The Morgan fingerprint density at radius 1 is 0.870 bits per heavy atom. The van der Waals surface area contributed by atoms with E-state index in [0.717, 1.165) is 9.87 Å². The van der Waals surface area contributed by atoms with Crippen molar-refractivity contribution in [2.45, 2.75) is 37.2 Å². The Hall–Kier alpha value is -3.76. The molecule has 242 valence electrons. The van der Waals surface area contributed by atoms with Crippen LogP contribution in [-0.4, -0.2) is 51.4 Å². The Bertz CT molecular complexity index is 1740. The Labute approximate surface area is 284 Å². The fraction of sp³-hybridized carbons (Fsp3) is 0.235. The molecule has 0 aliphatic carbocycles. The summed E-state index contributed by atoms with van der Waals surface area (Å²) in [6.07, 6.45) is 0.837. The van der Waals surface area contributed by atoms with E-state index >= 15 is 0 Å². The number of hydrogen-bond acceptors (Lipinski definition) is 5. The van der Waals surface area contributed by atoms with E-state index in [0.29, 0.717) is 34.3 Å². The fourth-order valence-electron chi connectivity index (χ4n) is 4.81. The van der Waals surface area contributed by atoms with Crippen molar-refractivity contribution >= 4 is 62.3 Å². The third kappa shape index (κ3) is 8.73. The summed E-state index contributed by atoms with van der Waals surface area (Å²) in [5, 5.41) is 3.78. The van der Waals surface area contributed by atoms with E-state index in [1.807, 2.05) is 37.3 Å². The summed E-state index contributed by atoms with van der Waals surface area (Å²) in [5.41, 5.74) is 1.40. The largest absolute Gasteiger partial charge is 0.497 e. The highest BCUT2D eigenvalue weighted by molar-refractivity contribution is 7.92. The molecule has 4 aromatic carbocycles. The monoisotopic (exact) mass is 701 g/mol. The second-order valence-electron chi connectivity index (χ2n) is 10.4. The van der Waals surface area contributed by atoms with E-state index in [1.54, 1.807) is 36.4 Å². The normalized spacial score (nSPS) is 11.8. The van der Waals surface area contributed by atoms with Crippen LogP contribution in [0.25, 0.3) is 0 Å². The van der Waals surface area contributed by atoms with E-state index < -0.39 is 34.4 Å². The number of nitrogens with one attached hydrogen (secondary N) is 1. The van der Waals surface area contributed by atoms with Gasteiger partial charge in [0.15, 0.2) is 0 Å². The van der Waals surface area contributed by atoms with Crippen LogP contribution in [0.3, 0.4) is 0 Å². The average molecular weight is 703 g/mol. The molecule has 2 amide bonds. The number of rotatable bonds is 14. The Morgan fingerprint density at radius 2 is 1.52 bits per heavy atom. The van der Waals surface area contributed by atoms with Crippen LogP contribution in [0.1, 0.15) is 24.5 Å². The summed E-state index contributed by atoms with van der Waals surface area (Å²) in [6, 6.07) is 25.2. The van der Waals surface area contributed by atoms with Gasteiger partial charge in [-0.1, -0.05) is 84.2 Å². The molecule has 0 radical (unpaired) electrons. The molecule has 0 aromatic heterocycles. The second-order valence-corrected chi connectivity index (χ2v) is 13.5. The molecule has 0 saturated heterocycles. The van der Waals surface area contributed by atoms with E-state index in [-0.39, 0.29) is 28.6 Å². The van der Waals surface area contributed by atoms with Crippen LogP contribution < -0.4 is 14.4 Å². The van der Waals surface area contributed by atoms with Gasteiger partial charge in [-0.25, -0.2) is 8.42 Å². The van der Waals surface area contributed by atoms with Crippen molar-refractivity contribution < 1.29 is 22.7 Å². The average Bonchev–Trinajstić information content (AvgIpc) is 3.05. The van der Waals surface area contributed by atoms with Crippen molar-refractivity contribution in [3.8, 4) is 5.75 Å². The molecule has 4 aromatic rings. The van der Waals surface area contributed by atoms with Gasteiger partial charge in [0.2, 0.25) is 11.8 Å². The lowest BCUT2D eigenvalue weighted by molar-refractivity contribution is -0.140. The molecule has 4 rings (SSSR count). The molecule has 0 bridgehead atoms. The number of anilines is 1. The first-order valence-electron chi connectivity index (χ1n) is 14.5. The molecule has 0 saturated carbocycles. The maximum Gasteiger partial charge on any atom is 0.264 e. The highest BCUT2D eigenvalue weighted by Crippen LogP contribution is 2.30. The van der Waals surface area contributed by atoms with Gasteiger partial charge >= 0.3 is 0 Å². The van der Waals surface area contributed by atoms with Crippen molar-refractivity contribution in [1.82, 2.24) is 10.2 Å². The highest BCUT2D eigenvalue weighted by atomic mass is 35.5. The van der Waals surface area contributed by atoms with E-state index in [4.69, 9.17) is 39.5 Å². The minimum atomic E-state index is -4.31. The fourth-order valence-corrected chi connectivity index (χ4v) is 6.92. The Kier molecular flexibility index (Phi) is 12.3. The van der Waals surface area contributed by atoms with Gasteiger partial charge in [0, 0.05) is 40.1 Å². The summed E-state index contributed by atoms with van der Waals surface area (Å²) in [7, 11) is -2.84. The number of nitrogens with zero attached hydrogens (tertiary/aromatic N) is 2. The zero-order valence-corrected chi connectivity index (χ0v) is 28.4. The summed E-state index contributed by atoms with van der Waals surface area (Å²) < 4.78 is 34.5. The first kappa shape index (κ1) is 35.1. The van der Waals surface area contributed by atoms with Crippen molar-refractivity contribution in [3.63, 3.8) is 0 Å². The van der Waals surface area contributed by atoms with Gasteiger partial charge in [0.1, 0.15) is 18.3 Å². The van der Waals surface area contributed by atoms with Gasteiger partial charge in [-0.05, 0) is 66.6 Å². The third-order valence-corrected chi connectivity index (χ3v) is 9.96. The van der Waals surface area contributed by atoms with Gasteiger partial charge in [0.05, 0.1) is 17.7 Å². The number of carbonyl (C=O) groups is 2. The van der Waals surface area contributed by atoms with E-state index in [2.05, 4.69) is 5.32 Å². The molecular weight excluding hydrogens is 669 g/mol. The van der Waals surface area contributed by atoms with E-state index in [1.165, 1.54) is 42.3 Å². The number of benzene rings is 4. The number of halogens is 3. The highest BCUT2D eigenvalue weighted by Gasteiger charge is 2.35. The lowest BCUT2D eigenvalue weighted by atomic mass is 10.0. The first-order chi connectivity index (χ1) is 22.0. The molecular formula is C34H34Cl3N3O5S. The van der Waals surface area contributed by atoms with Gasteiger partial charge in [-0.3, -0.25) is 13.9 Å². The molecule has 1 N–H and O–H groups in total. The number of ether oxygens (including phenoxy) is 1. The number of amides is 2. The summed E-state index contributed by atoms with van der Waals surface area (Å²) in [6.45, 7) is 1.51.